The highest BCUT2D eigenvalue weighted by Crippen LogP contribution is 2.39. The molecule has 0 spiro atoms. The van der Waals surface area contributed by atoms with Gasteiger partial charge < -0.3 is 18.6 Å². The monoisotopic (exact) mass is 512 g/mol. The fraction of sp³-hybridized carbons (Fsp3) is 0.214. The van der Waals surface area contributed by atoms with Gasteiger partial charge in [0.1, 0.15) is 22.8 Å². The van der Waals surface area contributed by atoms with E-state index in [4.69, 9.17) is 18.6 Å². The maximum absolute atomic E-state index is 13.9. The molecule has 1 aromatic heterocycles. The van der Waals surface area contributed by atoms with Crippen LogP contribution in [0.1, 0.15) is 28.0 Å². The highest BCUT2D eigenvalue weighted by molar-refractivity contribution is 5.81. The molecule has 0 saturated heterocycles. The molecule has 0 atom stereocenters. The fourth-order valence-electron chi connectivity index (χ4n) is 3.75. The van der Waals surface area contributed by atoms with E-state index < -0.39 is 41.3 Å². The molecule has 0 fully saturated rings. The number of esters is 1. The van der Waals surface area contributed by atoms with Gasteiger partial charge in [0.15, 0.2) is 6.61 Å². The molecule has 4 rings (SSSR count). The minimum absolute atomic E-state index is 0.103. The van der Waals surface area contributed by atoms with Crippen molar-refractivity contribution in [2.24, 2.45) is 0 Å². The Morgan fingerprint density at radius 2 is 1.57 bits per heavy atom. The van der Waals surface area contributed by atoms with Gasteiger partial charge in [-0.3, -0.25) is 4.79 Å². The van der Waals surface area contributed by atoms with E-state index in [2.05, 4.69) is 0 Å². The third-order valence-corrected chi connectivity index (χ3v) is 5.42. The van der Waals surface area contributed by atoms with Gasteiger partial charge >= 0.3 is 12.1 Å². The smallest absolute Gasteiger partial charge is 0.453 e. The molecule has 37 heavy (non-hydrogen) atoms. The summed E-state index contributed by atoms with van der Waals surface area (Å²) in [4.78, 5) is 25.3. The number of fused-ring (bicyclic) bond motifs is 1. The number of aryl methyl sites for hydroxylation is 4. The van der Waals surface area contributed by atoms with Gasteiger partial charge in [0, 0.05) is 6.07 Å². The fourth-order valence-corrected chi connectivity index (χ4v) is 3.75. The van der Waals surface area contributed by atoms with Crippen LogP contribution in [0.4, 0.5) is 13.2 Å². The number of halogens is 3. The van der Waals surface area contributed by atoms with Gasteiger partial charge in [0.05, 0.1) is 5.39 Å². The second-order valence-corrected chi connectivity index (χ2v) is 8.70. The van der Waals surface area contributed by atoms with Crippen molar-refractivity contribution in [1.29, 1.82) is 0 Å². The standard InChI is InChI=1S/C28H23F3O6/c1-15-5-6-18(4)22(12-15)36-26-25(33)21-8-7-19(13-23(21)37-27(26)28(29,30)31)35-24(32)14-34-20-10-16(2)9-17(3)11-20/h5-13H,14H2,1-4H3. The summed E-state index contributed by atoms with van der Waals surface area (Å²) >= 11 is 0. The Kier molecular flexibility index (Phi) is 6.98. The van der Waals surface area contributed by atoms with Crippen LogP contribution in [-0.2, 0) is 11.0 Å². The zero-order valence-electron chi connectivity index (χ0n) is 20.5. The van der Waals surface area contributed by atoms with E-state index in [9.17, 15) is 22.8 Å². The summed E-state index contributed by atoms with van der Waals surface area (Å²) in [7, 11) is 0. The minimum Gasteiger partial charge on any atom is -0.482 e. The summed E-state index contributed by atoms with van der Waals surface area (Å²) in [5.74, 6) is -2.88. The molecular weight excluding hydrogens is 489 g/mol. The quantitative estimate of drug-likeness (QED) is 0.208. The molecule has 6 nitrogen and oxygen atoms in total. The average molecular weight is 512 g/mol. The molecule has 0 bridgehead atoms. The molecule has 3 aromatic carbocycles. The molecule has 1 heterocycles. The van der Waals surface area contributed by atoms with Crippen LogP contribution >= 0.6 is 0 Å². The summed E-state index contributed by atoms with van der Waals surface area (Å²) in [6.07, 6.45) is -5.02. The van der Waals surface area contributed by atoms with Gasteiger partial charge in [0.25, 0.3) is 5.76 Å². The molecule has 0 aliphatic rings. The van der Waals surface area contributed by atoms with E-state index >= 15 is 0 Å². The Balaban J connectivity index is 1.63. The molecule has 4 aromatic rings. The zero-order valence-corrected chi connectivity index (χ0v) is 20.5. The number of ether oxygens (including phenoxy) is 3. The minimum atomic E-state index is -5.02. The predicted octanol–water partition coefficient (Wildman–Crippen LogP) is 6.82. The van der Waals surface area contributed by atoms with E-state index in [-0.39, 0.29) is 16.9 Å². The highest BCUT2D eigenvalue weighted by Gasteiger charge is 2.40. The van der Waals surface area contributed by atoms with Gasteiger partial charge in [-0.05, 0) is 80.3 Å². The van der Waals surface area contributed by atoms with Crippen molar-refractivity contribution in [2.45, 2.75) is 33.9 Å². The van der Waals surface area contributed by atoms with Crippen molar-refractivity contribution in [1.82, 2.24) is 0 Å². The number of benzene rings is 3. The van der Waals surface area contributed by atoms with Gasteiger partial charge in [-0.25, -0.2) is 4.79 Å². The lowest BCUT2D eigenvalue weighted by atomic mass is 10.1. The Bertz CT molecular complexity index is 1530. The number of carbonyl (C=O) groups is 1. The lowest BCUT2D eigenvalue weighted by molar-refractivity contribution is -0.154. The van der Waals surface area contributed by atoms with Gasteiger partial charge in [-0.1, -0.05) is 18.2 Å². The molecule has 0 amide bonds. The number of hydrogen-bond donors (Lipinski definition) is 0. The van der Waals surface area contributed by atoms with E-state index in [0.717, 1.165) is 22.8 Å². The first-order valence-electron chi connectivity index (χ1n) is 11.3. The average Bonchev–Trinajstić information content (AvgIpc) is 2.80. The molecule has 0 radical (unpaired) electrons. The Hall–Kier alpha value is -4.27. The maximum Gasteiger partial charge on any atom is 0.453 e. The van der Waals surface area contributed by atoms with Crippen LogP contribution in [0.15, 0.2) is 63.8 Å². The summed E-state index contributed by atoms with van der Waals surface area (Å²) < 4.78 is 62.7. The Labute approximate surface area is 210 Å². The van der Waals surface area contributed by atoms with Crippen LogP contribution in [0, 0.1) is 27.7 Å². The molecule has 192 valence electrons. The van der Waals surface area contributed by atoms with Crippen LogP contribution in [0.3, 0.4) is 0 Å². The molecule has 9 heteroatoms. The van der Waals surface area contributed by atoms with Crippen LogP contribution in [0.2, 0.25) is 0 Å². The van der Waals surface area contributed by atoms with Crippen molar-refractivity contribution in [3.8, 4) is 23.0 Å². The first-order chi connectivity index (χ1) is 17.4. The summed E-state index contributed by atoms with van der Waals surface area (Å²) in [6, 6.07) is 14.0. The second kappa shape index (κ2) is 10.0. The first kappa shape index (κ1) is 25.8. The normalized spacial score (nSPS) is 11.4. The van der Waals surface area contributed by atoms with Gasteiger partial charge in [-0.15, -0.1) is 0 Å². The van der Waals surface area contributed by atoms with Crippen molar-refractivity contribution in [3.63, 3.8) is 0 Å². The van der Waals surface area contributed by atoms with Crippen LogP contribution in [0.5, 0.6) is 23.0 Å². The summed E-state index contributed by atoms with van der Waals surface area (Å²) in [5.41, 5.74) is 1.77. The lowest BCUT2D eigenvalue weighted by Crippen LogP contribution is -2.18. The SMILES string of the molecule is Cc1cc(C)cc(OCC(=O)Oc2ccc3c(=O)c(Oc4cc(C)ccc4C)c(C(F)(F)F)oc3c2)c1. The van der Waals surface area contributed by atoms with Crippen molar-refractivity contribution in [2.75, 3.05) is 6.61 Å². The molecule has 0 N–H and O–H groups in total. The first-order valence-corrected chi connectivity index (χ1v) is 11.3. The van der Waals surface area contributed by atoms with Crippen molar-refractivity contribution in [3.05, 3.63) is 92.8 Å². The van der Waals surface area contributed by atoms with Crippen LogP contribution in [0.25, 0.3) is 11.0 Å². The number of alkyl halides is 3. The van der Waals surface area contributed by atoms with E-state index in [0.29, 0.717) is 11.3 Å². The Morgan fingerprint density at radius 3 is 2.24 bits per heavy atom. The van der Waals surface area contributed by atoms with E-state index in [1.807, 2.05) is 19.9 Å². The molecular formula is C28H23F3O6. The number of carbonyl (C=O) groups excluding carboxylic acids is 1. The maximum atomic E-state index is 13.9. The number of rotatable bonds is 6. The third-order valence-electron chi connectivity index (χ3n) is 5.42. The zero-order chi connectivity index (χ0) is 26.9. The lowest BCUT2D eigenvalue weighted by Gasteiger charge is -2.15. The van der Waals surface area contributed by atoms with Crippen LogP contribution in [-0.4, -0.2) is 12.6 Å². The predicted molar refractivity (Wildman–Crippen MR) is 131 cm³/mol. The van der Waals surface area contributed by atoms with Gasteiger partial charge in [0.2, 0.25) is 11.2 Å². The summed E-state index contributed by atoms with van der Waals surface area (Å²) in [6.45, 7) is 6.73. The number of hydrogen-bond acceptors (Lipinski definition) is 6. The van der Waals surface area contributed by atoms with Crippen molar-refractivity contribution >= 4 is 16.9 Å². The second-order valence-electron chi connectivity index (χ2n) is 8.70. The highest BCUT2D eigenvalue weighted by atomic mass is 19.4. The largest absolute Gasteiger partial charge is 0.482 e. The molecule has 0 unspecified atom stereocenters. The van der Waals surface area contributed by atoms with E-state index in [1.165, 1.54) is 18.2 Å². The molecule has 0 aliphatic carbocycles. The van der Waals surface area contributed by atoms with E-state index in [1.54, 1.807) is 38.1 Å². The molecule has 0 saturated carbocycles. The molecule has 0 aliphatic heterocycles. The summed E-state index contributed by atoms with van der Waals surface area (Å²) in [5, 5.41) is -0.167. The Morgan fingerprint density at radius 1 is 0.865 bits per heavy atom. The van der Waals surface area contributed by atoms with Crippen LogP contribution < -0.4 is 19.6 Å². The van der Waals surface area contributed by atoms with Crippen molar-refractivity contribution < 1.29 is 36.6 Å². The topological polar surface area (TPSA) is 75.0 Å². The van der Waals surface area contributed by atoms with Gasteiger partial charge in [-0.2, -0.15) is 13.2 Å². The third kappa shape index (κ3) is 5.94.